The largest absolute Gasteiger partial charge is 0.490 e. The normalized spacial score (nSPS) is 22.7. The topological polar surface area (TPSA) is 73.8 Å². The maximum Gasteiger partial charge on any atom is 0.241 e. The first-order valence-corrected chi connectivity index (χ1v) is 6.84. The van der Waals surface area contributed by atoms with Crippen molar-refractivity contribution in [2.75, 3.05) is 37.0 Å². The number of ether oxygens (including phenoxy) is 1. The number of likely N-dealkylation sites (N-methyl/N-ethyl adjacent to an activating group) is 1. The van der Waals surface area contributed by atoms with Gasteiger partial charge in [0.1, 0.15) is 12.4 Å². The van der Waals surface area contributed by atoms with E-state index in [0.29, 0.717) is 19.6 Å². The summed E-state index contributed by atoms with van der Waals surface area (Å²) in [5.74, 6) is 0.729. The van der Waals surface area contributed by atoms with Crippen LogP contribution in [-0.2, 0) is 4.79 Å². The molecule has 0 saturated carbocycles. The Bertz CT molecular complexity index is 530. The Morgan fingerprint density at radius 1 is 1.45 bits per heavy atom. The number of nitrogens with zero attached hydrogens (tertiary/aromatic N) is 1. The fourth-order valence-electron chi connectivity index (χ4n) is 2.57. The molecule has 1 aromatic rings. The second kappa shape index (κ2) is 7.87. The highest BCUT2D eigenvalue weighted by Crippen LogP contribution is 2.33. The molecule has 2 aliphatic heterocycles. The molecule has 1 aromatic carbocycles. The molecule has 1 fully saturated rings. The number of amides is 1. The molecular formula is C14H21Cl2N3O3. The minimum atomic E-state index is -0.436. The van der Waals surface area contributed by atoms with Crippen LogP contribution in [0.2, 0.25) is 0 Å². The van der Waals surface area contributed by atoms with E-state index in [4.69, 9.17) is 4.74 Å². The van der Waals surface area contributed by atoms with Crippen molar-refractivity contribution in [1.82, 2.24) is 5.32 Å². The number of anilines is 2. The van der Waals surface area contributed by atoms with Gasteiger partial charge in [-0.15, -0.1) is 24.8 Å². The average Bonchev–Trinajstić information content (AvgIpc) is 2.86. The Hall–Kier alpha value is -1.21. The fourth-order valence-corrected chi connectivity index (χ4v) is 2.57. The number of β-amino-alcohol motifs (C(OH)–C–C–N with tert-alkyl or cyclic N) is 1. The van der Waals surface area contributed by atoms with Crippen molar-refractivity contribution >= 4 is 42.1 Å². The number of halogens is 2. The Morgan fingerprint density at radius 3 is 2.91 bits per heavy atom. The van der Waals surface area contributed by atoms with Crippen LogP contribution < -0.4 is 20.3 Å². The van der Waals surface area contributed by atoms with Crippen molar-refractivity contribution < 1.29 is 14.6 Å². The molecule has 6 nitrogen and oxygen atoms in total. The molecular weight excluding hydrogens is 329 g/mol. The van der Waals surface area contributed by atoms with Crippen LogP contribution in [0.5, 0.6) is 5.75 Å². The molecule has 0 spiro atoms. The minimum Gasteiger partial charge on any atom is -0.490 e. The number of benzene rings is 1. The van der Waals surface area contributed by atoms with Gasteiger partial charge in [-0.2, -0.15) is 0 Å². The number of fused-ring (bicyclic) bond motifs is 1. The summed E-state index contributed by atoms with van der Waals surface area (Å²) in [5, 5.41) is 15.3. The molecule has 1 amide bonds. The summed E-state index contributed by atoms with van der Waals surface area (Å²) in [6, 6.07) is 5.30. The van der Waals surface area contributed by atoms with Gasteiger partial charge in [0.15, 0.2) is 0 Å². The van der Waals surface area contributed by atoms with Crippen molar-refractivity contribution in [2.45, 2.75) is 18.6 Å². The number of rotatable bonds is 2. The van der Waals surface area contributed by atoms with Crippen LogP contribution in [-0.4, -0.2) is 49.9 Å². The van der Waals surface area contributed by atoms with Crippen LogP contribution in [0.15, 0.2) is 18.2 Å². The van der Waals surface area contributed by atoms with Crippen molar-refractivity contribution in [3.8, 4) is 5.75 Å². The number of aliphatic hydroxyl groups is 1. The molecule has 2 heterocycles. The van der Waals surface area contributed by atoms with Gasteiger partial charge in [-0.1, -0.05) is 0 Å². The molecule has 2 aliphatic rings. The van der Waals surface area contributed by atoms with Gasteiger partial charge in [0, 0.05) is 19.3 Å². The highest BCUT2D eigenvalue weighted by molar-refractivity contribution is 5.95. The lowest BCUT2D eigenvalue weighted by molar-refractivity contribution is -0.117. The molecule has 3 N–H and O–H groups in total. The second-order valence-corrected chi connectivity index (χ2v) is 5.29. The van der Waals surface area contributed by atoms with Crippen LogP contribution >= 0.6 is 24.8 Å². The average molecular weight is 350 g/mol. The maximum atomic E-state index is 12.1. The zero-order valence-corrected chi connectivity index (χ0v) is 13.9. The van der Waals surface area contributed by atoms with Crippen LogP contribution in [0.3, 0.4) is 0 Å². The lowest BCUT2D eigenvalue weighted by atomic mass is 10.1. The monoisotopic (exact) mass is 349 g/mol. The van der Waals surface area contributed by atoms with Gasteiger partial charge in [-0.25, -0.2) is 0 Å². The third-order valence-corrected chi connectivity index (χ3v) is 3.75. The first-order valence-electron chi connectivity index (χ1n) is 6.84. The van der Waals surface area contributed by atoms with E-state index >= 15 is 0 Å². The molecule has 3 rings (SSSR count). The zero-order chi connectivity index (χ0) is 14.1. The number of carbonyl (C=O) groups excluding carboxylic acids is 1. The number of hydrogen-bond donors (Lipinski definition) is 3. The molecule has 0 bridgehead atoms. The van der Waals surface area contributed by atoms with E-state index in [-0.39, 0.29) is 36.8 Å². The van der Waals surface area contributed by atoms with Gasteiger partial charge in [-0.3, -0.25) is 4.79 Å². The molecule has 124 valence electrons. The van der Waals surface area contributed by atoms with Gasteiger partial charge >= 0.3 is 0 Å². The van der Waals surface area contributed by atoms with E-state index < -0.39 is 6.10 Å². The predicted octanol–water partition coefficient (Wildman–Crippen LogP) is 1.02. The van der Waals surface area contributed by atoms with Crippen molar-refractivity contribution in [3.05, 3.63) is 18.2 Å². The summed E-state index contributed by atoms with van der Waals surface area (Å²) in [5.41, 5.74) is 1.72. The second-order valence-electron chi connectivity index (χ2n) is 5.29. The molecule has 2 atom stereocenters. The molecule has 0 aliphatic carbocycles. The summed E-state index contributed by atoms with van der Waals surface area (Å²) < 4.78 is 5.57. The Morgan fingerprint density at radius 2 is 2.23 bits per heavy atom. The first-order chi connectivity index (χ1) is 9.63. The predicted molar refractivity (Wildman–Crippen MR) is 90.7 cm³/mol. The van der Waals surface area contributed by atoms with Gasteiger partial charge in [-0.05, 0) is 24.6 Å². The fraction of sp³-hybridized carbons (Fsp3) is 0.500. The summed E-state index contributed by atoms with van der Waals surface area (Å²) in [7, 11) is 2.00. The highest BCUT2D eigenvalue weighted by Gasteiger charge is 2.28. The van der Waals surface area contributed by atoms with E-state index in [0.717, 1.165) is 23.7 Å². The van der Waals surface area contributed by atoms with Gasteiger partial charge in [0.2, 0.25) is 5.91 Å². The zero-order valence-electron chi connectivity index (χ0n) is 12.2. The molecule has 22 heavy (non-hydrogen) atoms. The third-order valence-electron chi connectivity index (χ3n) is 3.75. The Balaban J connectivity index is 0.00000121. The highest BCUT2D eigenvalue weighted by atomic mass is 35.5. The van der Waals surface area contributed by atoms with Crippen molar-refractivity contribution in [1.29, 1.82) is 0 Å². The standard InChI is InChI=1S/C14H19N3O3.2ClH/c1-17-4-5-20-13-3-2-9(6-12(13)17)16-14(19)11-7-10(18)8-15-11;;/h2-3,6,10-11,15,18H,4-5,7-8H2,1H3,(H,16,19);2*1H. The molecule has 2 unspecified atom stereocenters. The molecule has 0 radical (unpaired) electrons. The van der Waals surface area contributed by atoms with Crippen molar-refractivity contribution in [2.24, 2.45) is 0 Å². The first kappa shape index (κ1) is 18.8. The number of nitrogens with one attached hydrogen (secondary N) is 2. The van der Waals surface area contributed by atoms with Crippen LogP contribution in [0.4, 0.5) is 11.4 Å². The number of aliphatic hydroxyl groups excluding tert-OH is 1. The molecule has 8 heteroatoms. The Labute approximate surface area is 142 Å². The lowest BCUT2D eigenvalue weighted by Gasteiger charge is -2.28. The van der Waals surface area contributed by atoms with E-state index in [1.54, 1.807) is 0 Å². The van der Waals surface area contributed by atoms with Gasteiger partial charge < -0.3 is 25.4 Å². The molecule has 0 aromatic heterocycles. The maximum absolute atomic E-state index is 12.1. The minimum absolute atomic E-state index is 0. The Kier molecular flexibility index (Phi) is 6.74. The van der Waals surface area contributed by atoms with Crippen LogP contribution in [0.25, 0.3) is 0 Å². The van der Waals surface area contributed by atoms with E-state index in [1.807, 2.05) is 25.2 Å². The van der Waals surface area contributed by atoms with Crippen molar-refractivity contribution in [3.63, 3.8) is 0 Å². The van der Waals surface area contributed by atoms with E-state index in [2.05, 4.69) is 15.5 Å². The molecule has 1 saturated heterocycles. The number of hydrogen-bond acceptors (Lipinski definition) is 5. The summed E-state index contributed by atoms with van der Waals surface area (Å²) in [4.78, 5) is 14.2. The van der Waals surface area contributed by atoms with Gasteiger partial charge in [0.05, 0.1) is 24.4 Å². The summed E-state index contributed by atoms with van der Waals surface area (Å²) in [6.45, 7) is 1.98. The lowest BCUT2D eigenvalue weighted by Crippen LogP contribution is -2.35. The van der Waals surface area contributed by atoms with E-state index in [9.17, 15) is 9.90 Å². The van der Waals surface area contributed by atoms with E-state index in [1.165, 1.54) is 0 Å². The quantitative estimate of drug-likeness (QED) is 0.743. The SMILES string of the molecule is CN1CCOc2ccc(NC(=O)C3CC(O)CN3)cc21.Cl.Cl. The smallest absolute Gasteiger partial charge is 0.241 e. The van der Waals surface area contributed by atoms with Crippen LogP contribution in [0.1, 0.15) is 6.42 Å². The summed E-state index contributed by atoms with van der Waals surface area (Å²) >= 11 is 0. The van der Waals surface area contributed by atoms with Gasteiger partial charge in [0.25, 0.3) is 0 Å². The third kappa shape index (κ3) is 3.95. The summed E-state index contributed by atoms with van der Waals surface area (Å²) in [6.07, 6.45) is 0.0218. The number of carbonyl (C=O) groups is 1. The van der Waals surface area contributed by atoms with Crippen LogP contribution in [0, 0.1) is 0 Å².